The largest absolute Gasteiger partial charge is 0.507 e. The van der Waals surface area contributed by atoms with Crippen LogP contribution in [0.4, 0.5) is 0 Å². The summed E-state index contributed by atoms with van der Waals surface area (Å²) >= 11 is 0. The highest BCUT2D eigenvalue weighted by atomic mass is 16.5. The molecule has 0 bridgehead atoms. The van der Waals surface area contributed by atoms with Crippen molar-refractivity contribution < 1.29 is 28.9 Å². The molecule has 3 aromatic rings. The van der Waals surface area contributed by atoms with Gasteiger partial charge in [-0.05, 0) is 67.8 Å². The van der Waals surface area contributed by atoms with Crippen LogP contribution in [0.5, 0.6) is 17.2 Å². The van der Waals surface area contributed by atoms with Gasteiger partial charge in [-0.3, -0.25) is 9.59 Å². The van der Waals surface area contributed by atoms with Crippen LogP contribution in [0, 0.1) is 0 Å². The van der Waals surface area contributed by atoms with Crippen LogP contribution in [0.2, 0.25) is 0 Å². The first-order valence-electron chi connectivity index (χ1n) is 12.9. The van der Waals surface area contributed by atoms with Crippen LogP contribution in [0.15, 0.2) is 72.3 Å². The van der Waals surface area contributed by atoms with E-state index in [0.717, 1.165) is 16.9 Å². The van der Waals surface area contributed by atoms with Gasteiger partial charge < -0.3 is 24.2 Å². The molecule has 0 aliphatic carbocycles. The van der Waals surface area contributed by atoms with E-state index in [1.807, 2.05) is 63.2 Å². The molecule has 2 heterocycles. The number of rotatable bonds is 8. The molecule has 0 spiro atoms. The Morgan fingerprint density at radius 3 is 2.45 bits per heavy atom. The van der Waals surface area contributed by atoms with Gasteiger partial charge in [0.2, 0.25) is 0 Å². The average molecular weight is 514 g/mol. The SMILES string of the molecule is CCOc1ccc(C2/C(=C(\O)c3ccc4c(c3)CC(C)O4)C(=O)C(=O)N2Cc2ccccc2)cc1OCC. The zero-order valence-electron chi connectivity index (χ0n) is 21.8. The zero-order chi connectivity index (χ0) is 26.8. The summed E-state index contributed by atoms with van der Waals surface area (Å²) in [6, 6.07) is 19.4. The summed E-state index contributed by atoms with van der Waals surface area (Å²) in [6.07, 6.45) is 0.749. The molecule has 196 valence electrons. The van der Waals surface area contributed by atoms with Crippen molar-refractivity contribution in [2.45, 2.75) is 45.9 Å². The van der Waals surface area contributed by atoms with Gasteiger partial charge in [0.25, 0.3) is 11.7 Å². The lowest BCUT2D eigenvalue weighted by Gasteiger charge is -2.26. The Hall–Kier alpha value is -4.26. The maximum absolute atomic E-state index is 13.5. The second-order valence-corrected chi connectivity index (χ2v) is 9.44. The summed E-state index contributed by atoms with van der Waals surface area (Å²) < 4.78 is 17.3. The van der Waals surface area contributed by atoms with Gasteiger partial charge in [-0.2, -0.15) is 0 Å². The average Bonchev–Trinajstić information content (AvgIpc) is 3.41. The molecule has 2 atom stereocenters. The third-order valence-electron chi connectivity index (χ3n) is 6.79. The summed E-state index contributed by atoms with van der Waals surface area (Å²) in [6.45, 7) is 6.84. The predicted octanol–water partition coefficient (Wildman–Crippen LogP) is 5.43. The summed E-state index contributed by atoms with van der Waals surface area (Å²) in [7, 11) is 0. The Morgan fingerprint density at radius 2 is 1.71 bits per heavy atom. The van der Waals surface area contributed by atoms with Crippen LogP contribution in [-0.4, -0.2) is 41.0 Å². The number of hydrogen-bond acceptors (Lipinski definition) is 6. The predicted molar refractivity (Wildman–Crippen MR) is 143 cm³/mol. The lowest BCUT2D eigenvalue weighted by atomic mass is 9.94. The smallest absolute Gasteiger partial charge is 0.295 e. The summed E-state index contributed by atoms with van der Waals surface area (Å²) in [5, 5.41) is 11.5. The number of amides is 1. The van der Waals surface area contributed by atoms with Gasteiger partial charge in [0.1, 0.15) is 17.6 Å². The second-order valence-electron chi connectivity index (χ2n) is 9.44. The molecular formula is C31H31NO6. The maximum Gasteiger partial charge on any atom is 0.295 e. The van der Waals surface area contributed by atoms with Crippen LogP contribution in [0.1, 0.15) is 49.1 Å². The van der Waals surface area contributed by atoms with Gasteiger partial charge in [0.05, 0.1) is 24.8 Å². The van der Waals surface area contributed by atoms with Crippen molar-refractivity contribution in [3.8, 4) is 17.2 Å². The number of benzene rings is 3. The van der Waals surface area contributed by atoms with Crippen molar-refractivity contribution in [3.63, 3.8) is 0 Å². The Balaban J connectivity index is 1.65. The van der Waals surface area contributed by atoms with Gasteiger partial charge in [-0.25, -0.2) is 0 Å². The topological polar surface area (TPSA) is 85.3 Å². The lowest BCUT2D eigenvalue weighted by Crippen LogP contribution is -2.29. The molecule has 2 unspecified atom stereocenters. The van der Waals surface area contributed by atoms with Gasteiger partial charge in [0.15, 0.2) is 11.5 Å². The molecule has 3 aromatic carbocycles. The second kappa shape index (κ2) is 10.6. The van der Waals surface area contributed by atoms with Crippen LogP contribution in [0.25, 0.3) is 5.76 Å². The van der Waals surface area contributed by atoms with Crippen LogP contribution < -0.4 is 14.2 Å². The van der Waals surface area contributed by atoms with E-state index < -0.39 is 17.7 Å². The van der Waals surface area contributed by atoms with E-state index in [-0.39, 0.29) is 24.0 Å². The van der Waals surface area contributed by atoms with Crippen molar-refractivity contribution >= 4 is 17.4 Å². The lowest BCUT2D eigenvalue weighted by molar-refractivity contribution is -0.140. The van der Waals surface area contributed by atoms with Crippen LogP contribution in [-0.2, 0) is 22.6 Å². The number of ether oxygens (including phenoxy) is 3. The van der Waals surface area contributed by atoms with E-state index in [1.54, 1.807) is 24.3 Å². The van der Waals surface area contributed by atoms with Crippen LogP contribution >= 0.6 is 0 Å². The van der Waals surface area contributed by atoms with E-state index in [2.05, 4.69) is 0 Å². The Kier molecular flexibility index (Phi) is 7.09. The number of carbonyl (C=O) groups excluding carboxylic acids is 2. The molecule has 5 rings (SSSR count). The molecule has 1 saturated heterocycles. The quantitative estimate of drug-likeness (QED) is 0.246. The Morgan fingerprint density at radius 1 is 0.974 bits per heavy atom. The van der Waals surface area contributed by atoms with Gasteiger partial charge in [-0.15, -0.1) is 0 Å². The fourth-order valence-electron chi connectivity index (χ4n) is 5.13. The number of fused-ring (bicyclic) bond motifs is 1. The summed E-state index contributed by atoms with van der Waals surface area (Å²) in [5.41, 5.74) is 2.99. The van der Waals surface area contributed by atoms with E-state index >= 15 is 0 Å². The highest BCUT2D eigenvalue weighted by molar-refractivity contribution is 6.46. The fraction of sp³-hybridized carbons (Fsp3) is 0.290. The monoisotopic (exact) mass is 513 g/mol. The third-order valence-corrected chi connectivity index (χ3v) is 6.79. The first kappa shape index (κ1) is 25.4. The van der Waals surface area contributed by atoms with Crippen LogP contribution in [0.3, 0.4) is 0 Å². The van der Waals surface area contributed by atoms with Crippen molar-refractivity contribution in [2.24, 2.45) is 0 Å². The molecule has 0 saturated carbocycles. The molecule has 7 heteroatoms. The molecule has 1 fully saturated rings. The fourth-order valence-corrected chi connectivity index (χ4v) is 5.13. The minimum absolute atomic E-state index is 0.0414. The highest BCUT2D eigenvalue weighted by Gasteiger charge is 2.46. The summed E-state index contributed by atoms with van der Waals surface area (Å²) in [5.74, 6) is 0.263. The molecule has 1 amide bonds. The molecule has 2 aliphatic rings. The number of ketones is 1. The number of nitrogens with zero attached hydrogens (tertiary/aromatic N) is 1. The molecule has 2 aliphatic heterocycles. The Bertz CT molecular complexity index is 1400. The van der Waals surface area contributed by atoms with E-state index in [4.69, 9.17) is 14.2 Å². The first-order chi connectivity index (χ1) is 18.4. The summed E-state index contributed by atoms with van der Waals surface area (Å²) in [4.78, 5) is 28.4. The van der Waals surface area contributed by atoms with Crippen molar-refractivity contribution in [2.75, 3.05) is 13.2 Å². The number of likely N-dealkylation sites (tertiary alicyclic amines) is 1. The zero-order valence-corrected chi connectivity index (χ0v) is 21.8. The normalized spacial score (nSPS) is 19.8. The molecule has 0 aromatic heterocycles. The van der Waals surface area contributed by atoms with E-state index in [9.17, 15) is 14.7 Å². The van der Waals surface area contributed by atoms with E-state index in [1.165, 1.54) is 4.90 Å². The highest BCUT2D eigenvalue weighted by Crippen LogP contribution is 2.43. The number of hydrogen-bond donors (Lipinski definition) is 1. The van der Waals surface area contributed by atoms with Gasteiger partial charge in [-0.1, -0.05) is 36.4 Å². The molecule has 38 heavy (non-hydrogen) atoms. The third kappa shape index (κ3) is 4.72. The molecular weight excluding hydrogens is 482 g/mol. The number of carbonyl (C=O) groups is 2. The van der Waals surface area contributed by atoms with Crippen molar-refractivity contribution in [1.82, 2.24) is 4.90 Å². The standard InChI is InChI=1S/C31H31NO6/c1-4-36-25-14-11-21(17-26(25)37-5-2)28-27(29(33)22-12-13-24-23(16-22)15-19(3)38-24)30(34)31(35)32(28)18-20-9-7-6-8-10-20/h6-14,16-17,19,28,33H,4-5,15,18H2,1-3H3/b29-27+. The molecule has 0 radical (unpaired) electrons. The van der Waals surface area contributed by atoms with E-state index in [0.29, 0.717) is 42.3 Å². The number of aliphatic hydroxyl groups excluding tert-OH is 1. The molecule has 1 N–H and O–H groups in total. The molecule has 7 nitrogen and oxygen atoms in total. The van der Waals surface area contributed by atoms with Crippen molar-refractivity contribution in [1.29, 1.82) is 0 Å². The minimum atomic E-state index is -0.812. The maximum atomic E-state index is 13.5. The van der Waals surface area contributed by atoms with Crippen molar-refractivity contribution in [3.05, 3.63) is 94.6 Å². The number of Topliss-reactive ketones (excluding diaryl/α,β-unsaturated/α-hetero) is 1. The number of aliphatic hydroxyl groups is 1. The Labute approximate surface area is 222 Å². The van der Waals surface area contributed by atoms with Gasteiger partial charge in [0, 0.05) is 18.5 Å². The van der Waals surface area contributed by atoms with Gasteiger partial charge >= 0.3 is 0 Å². The first-order valence-corrected chi connectivity index (χ1v) is 12.9. The minimum Gasteiger partial charge on any atom is -0.507 e.